The Hall–Kier alpha value is -0.770. The number of hydrogen-bond donors (Lipinski definition) is 0. The number of methoxy groups -OCH3 is 1. The molecule has 1 rings (SSSR count). The largest absolute Gasteiger partial charge is 0.456 e. The van der Waals surface area contributed by atoms with E-state index in [9.17, 15) is 4.79 Å². The minimum atomic E-state index is -0.238. The summed E-state index contributed by atoms with van der Waals surface area (Å²) in [5.74, 6) is 0. The van der Waals surface area contributed by atoms with Gasteiger partial charge in [0.2, 0.25) is 0 Å². The number of ether oxygens (including phenoxy) is 1. The van der Waals surface area contributed by atoms with E-state index in [1.807, 2.05) is 4.90 Å². The quantitative estimate of drug-likeness (QED) is 0.470. The molecule has 11 heavy (non-hydrogen) atoms. The molecular weight excluding hydrogens is 144 g/mol. The maximum absolute atomic E-state index is 10.9. The Morgan fingerprint density at radius 1 is 1.36 bits per heavy atom. The molecule has 0 bridgehead atoms. The maximum Gasteiger partial charge on any atom is 0.409 e. The highest BCUT2D eigenvalue weighted by molar-refractivity contribution is 5.67. The molecule has 1 amide bonds. The third-order valence-corrected chi connectivity index (χ3v) is 1.81. The Balaban J connectivity index is 2.33. The monoisotopic (exact) mass is 157 g/mol. The van der Waals surface area contributed by atoms with Crippen LogP contribution in [-0.4, -0.2) is 49.2 Å². The summed E-state index contributed by atoms with van der Waals surface area (Å²) in [7, 11) is 5.17. The lowest BCUT2D eigenvalue weighted by Crippen LogP contribution is -2.46. The van der Waals surface area contributed by atoms with E-state index in [1.54, 1.807) is 4.90 Å². The topological polar surface area (TPSA) is 32.8 Å². The van der Waals surface area contributed by atoms with Crippen molar-refractivity contribution in [1.29, 1.82) is 0 Å². The second-order valence-electron chi connectivity index (χ2n) is 2.58. The Bertz CT molecular complexity index is 141. The zero-order valence-electron chi connectivity index (χ0n) is 6.75. The van der Waals surface area contributed by atoms with E-state index in [-0.39, 0.29) is 6.09 Å². The summed E-state index contributed by atoms with van der Waals surface area (Å²) in [4.78, 5) is 14.6. The first-order valence-corrected chi connectivity index (χ1v) is 3.62. The second-order valence-corrected chi connectivity index (χ2v) is 2.58. The van der Waals surface area contributed by atoms with Gasteiger partial charge < -0.3 is 14.5 Å². The number of hydrogen-bond acceptors (Lipinski definition) is 3. The number of amides is 1. The van der Waals surface area contributed by atoms with Crippen molar-refractivity contribution in [1.82, 2.24) is 9.80 Å². The molecule has 64 valence electrons. The molecule has 0 spiro atoms. The molecule has 0 aromatic rings. The third kappa shape index (κ3) is 2.08. The average molecular weight is 157 g/mol. The van der Waals surface area contributed by atoms with Crippen molar-refractivity contribution in [2.24, 2.45) is 0 Å². The fourth-order valence-electron chi connectivity index (χ4n) is 1.06. The summed E-state index contributed by atoms with van der Waals surface area (Å²) in [6.07, 6.45) is -0.238. The zero-order valence-corrected chi connectivity index (χ0v) is 6.75. The molecule has 1 fully saturated rings. The molecule has 0 radical (unpaired) electrons. The lowest BCUT2D eigenvalue weighted by molar-refractivity contribution is 0.102. The van der Waals surface area contributed by atoms with Crippen molar-refractivity contribution in [2.45, 2.75) is 0 Å². The highest BCUT2D eigenvalue weighted by atomic mass is 16.5. The molecule has 4 heteroatoms. The van der Waals surface area contributed by atoms with Crippen molar-refractivity contribution >= 4 is 6.09 Å². The van der Waals surface area contributed by atoms with Gasteiger partial charge in [0.25, 0.3) is 0 Å². The van der Waals surface area contributed by atoms with Gasteiger partial charge in [0.05, 0.1) is 7.11 Å². The number of carbonyl (C=O) groups excluding carboxylic acids is 1. The highest BCUT2D eigenvalue weighted by Crippen LogP contribution is 2.00. The van der Waals surface area contributed by atoms with Gasteiger partial charge in [-0.15, -0.1) is 0 Å². The molecule has 0 N–H and O–H groups in total. The molecule has 4 nitrogen and oxygen atoms in total. The summed E-state index contributed by atoms with van der Waals surface area (Å²) >= 11 is 0. The standard InChI is InChI=1S/C7H13N2O2/c1-8-3-5-9(6-4-8)7(10)11-2/h1,3-6H2,2H3/q-1. The molecule has 0 atom stereocenters. The van der Waals surface area contributed by atoms with Crippen LogP contribution in [0.2, 0.25) is 0 Å². The molecule has 0 aromatic carbocycles. The summed E-state index contributed by atoms with van der Waals surface area (Å²) in [5, 5.41) is 0. The van der Waals surface area contributed by atoms with Gasteiger partial charge in [-0.3, -0.25) is 7.05 Å². The fourth-order valence-corrected chi connectivity index (χ4v) is 1.06. The first-order valence-electron chi connectivity index (χ1n) is 3.62. The Morgan fingerprint density at radius 3 is 2.36 bits per heavy atom. The van der Waals surface area contributed by atoms with Crippen molar-refractivity contribution in [3.63, 3.8) is 0 Å². The maximum atomic E-state index is 10.9. The van der Waals surface area contributed by atoms with Crippen LogP contribution < -0.4 is 0 Å². The normalized spacial score (nSPS) is 20.0. The lowest BCUT2D eigenvalue weighted by atomic mass is 10.3. The number of piperazine rings is 1. The average Bonchev–Trinajstić information content (AvgIpc) is 2.05. The Labute approximate surface area is 66.7 Å². The first kappa shape index (κ1) is 8.33. The molecular formula is C7H13N2O2-. The van der Waals surface area contributed by atoms with Crippen LogP contribution in [0.3, 0.4) is 0 Å². The SMILES string of the molecule is [CH2-]N1CCN(C(=O)OC)CC1. The second kappa shape index (κ2) is 3.57. The van der Waals surface area contributed by atoms with Gasteiger partial charge >= 0.3 is 6.09 Å². The van der Waals surface area contributed by atoms with Crippen LogP contribution in [-0.2, 0) is 4.74 Å². The van der Waals surface area contributed by atoms with E-state index in [0.717, 1.165) is 26.2 Å². The molecule has 1 aliphatic heterocycles. The summed E-state index contributed by atoms with van der Waals surface area (Å²) in [6.45, 7) is 3.09. The van der Waals surface area contributed by atoms with Crippen LogP contribution in [0.25, 0.3) is 0 Å². The van der Waals surface area contributed by atoms with E-state index in [0.29, 0.717) is 0 Å². The predicted molar refractivity (Wildman–Crippen MR) is 40.9 cm³/mol. The predicted octanol–water partition coefficient (Wildman–Crippen LogP) is 0.162. The third-order valence-electron chi connectivity index (χ3n) is 1.81. The van der Waals surface area contributed by atoms with E-state index < -0.39 is 0 Å². The van der Waals surface area contributed by atoms with E-state index in [4.69, 9.17) is 0 Å². The van der Waals surface area contributed by atoms with E-state index in [1.165, 1.54) is 7.11 Å². The van der Waals surface area contributed by atoms with Gasteiger partial charge in [-0.2, -0.15) is 0 Å². The van der Waals surface area contributed by atoms with Gasteiger partial charge in [0, 0.05) is 13.1 Å². The van der Waals surface area contributed by atoms with Gasteiger partial charge in [-0.1, -0.05) is 0 Å². The van der Waals surface area contributed by atoms with Gasteiger partial charge in [-0.25, -0.2) is 4.79 Å². The fraction of sp³-hybridized carbons (Fsp3) is 0.714. The minimum Gasteiger partial charge on any atom is -0.456 e. The highest BCUT2D eigenvalue weighted by Gasteiger charge is 2.16. The van der Waals surface area contributed by atoms with Crippen molar-refractivity contribution in [3.8, 4) is 0 Å². The van der Waals surface area contributed by atoms with E-state index in [2.05, 4.69) is 11.8 Å². The first-order chi connectivity index (χ1) is 5.24. The smallest absolute Gasteiger partial charge is 0.409 e. The molecule has 1 heterocycles. The lowest BCUT2D eigenvalue weighted by Gasteiger charge is -2.36. The summed E-state index contributed by atoms with van der Waals surface area (Å²) < 4.78 is 4.57. The van der Waals surface area contributed by atoms with Crippen molar-refractivity contribution < 1.29 is 9.53 Å². The van der Waals surface area contributed by atoms with E-state index >= 15 is 0 Å². The Kier molecular flexibility index (Phi) is 2.70. The number of carbonyl (C=O) groups is 1. The molecule has 0 aromatic heterocycles. The van der Waals surface area contributed by atoms with Crippen LogP contribution in [0, 0.1) is 7.05 Å². The summed E-state index contributed by atoms with van der Waals surface area (Å²) in [5.41, 5.74) is 0. The van der Waals surface area contributed by atoms with Gasteiger partial charge in [-0.05, 0) is 13.1 Å². The van der Waals surface area contributed by atoms with Crippen molar-refractivity contribution in [3.05, 3.63) is 7.05 Å². The number of rotatable bonds is 0. The van der Waals surface area contributed by atoms with Gasteiger partial charge in [0.15, 0.2) is 0 Å². The molecule has 1 aliphatic rings. The Morgan fingerprint density at radius 2 is 1.91 bits per heavy atom. The minimum absolute atomic E-state index is 0.238. The van der Waals surface area contributed by atoms with Crippen molar-refractivity contribution in [2.75, 3.05) is 33.3 Å². The molecule has 0 aliphatic carbocycles. The zero-order chi connectivity index (χ0) is 8.27. The summed E-state index contributed by atoms with van der Waals surface area (Å²) in [6, 6.07) is 0. The van der Waals surface area contributed by atoms with Crippen LogP contribution >= 0.6 is 0 Å². The van der Waals surface area contributed by atoms with Crippen LogP contribution in [0.4, 0.5) is 4.79 Å². The molecule has 0 saturated carbocycles. The number of nitrogens with zero attached hydrogens (tertiary/aromatic N) is 2. The molecule has 1 saturated heterocycles. The van der Waals surface area contributed by atoms with Crippen LogP contribution in [0.1, 0.15) is 0 Å². The van der Waals surface area contributed by atoms with Crippen LogP contribution in [0.5, 0.6) is 0 Å². The molecule has 0 unspecified atom stereocenters. The van der Waals surface area contributed by atoms with Crippen LogP contribution in [0.15, 0.2) is 0 Å². The van der Waals surface area contributed by atoms with Gasteiger partial charge in [0.1, 0.15) is 0 Å².